The summed E-state index contributed by atoms with van der Waals surface area (Å²) in [6.07, 6.45) is 0.274. The average Bonchev–Trinajstić information content (AvgIpc) is 3.14. The molecule has 0 amide bonds. The quantitative estimate of drug-likeness (QED) is 0.362. The van der Waals surface area contributed by atoms with E-state index in [4.69, 9.17) is 18.3 Å². The summed E-state index contributed by atoms with van der Waals surface area (Å²) in [6.45, 7) is 1.78. The molecule has 0 fully saturated rings. The van der Waals surface area contributed by atoms with E-state index in [1.165, 1.54) is 0 Å². The lowest BCUT2D eigenvalue weighted by atomic mass is 10.0. The summed E-state index contributed by atoms with van der Waals surface area (Å²) < 4.78 is 21.3. The van der Waals surface area contributed by atoms with Crippen molar-refractivity contribution >= 4 is 28.0 Å². The number of aryl methyl sites for hydroxylation is 1. The molecule has 0 spiro atoms. The minimum Gasteiger partial charge on any atom is -0.497 e. The minimum atomic E-state index is -0.463. The van der Waals surface area contributed by atoms with Crippen molar-refractivity contribution in [2.45, 2.75) is 26.4 Å². The van der Waals surface area contributed by atoms with Crippen molar-refractivity contribution in [1.29, 1.82) is 0 Å². The van der Waals surface area contributed by atoms with Crippen LogP contribution in [0.4, 0.5) is 0 Å². The molecule has 4 rings (SSSR count). The molecule has 0 N–H and O–H groups in total. The van der Waals surface area contributed by atoms with E-state index in [1.54, 1.807) is 25.3 Å². The Bertz CT molecular complexity index is 1220. The first-order valence-corrected chi connectivity index (χ1v) is 9.15. The third-order valence-electron chi connectivity index (χ3n) is 4.77. The van der Waals surface area contributed by atoms with Crippen molar-refractivity contribution in [2.75, 3.05) is 7.11 Å². The Morgan fingerprint density at radius 1 is 1.10 bits per heavy atom. The maximum atomic E-state index is 12.4. The number of ether oxygens (including phenoxy) is 2. The Kier molecular flexibility index (Phi) is 5.03. The van der Waals surface area contributed by atoms with Gasteiger partial charge in [-0.15, -0.1) is 0 Å². The van der Waals surface area contributed by atoms with Crippen molar-refractivity contribution in [1.82, 2.24) is 4.98 Å². The number of benzene rings is 2. The number of hydrogen-bond donors (Lipinski definition) is 0. The van der Waals surface area contributed by atoms with Crippen LogP contribution in [0, 0.1) is 6.92 Å². The van der Waals surface area contributed by atoms with E-state index >= 15 is 0 Å². The summed E-state index contributed by atoms with van der Waals surface area (Å²) in [4.78, 5) is 28.8. The van der Waals surface area contributed by atoms with Crippen molar-refractivity contribution in [3.05, 3.63) is 69.9 Å². The van der Waals surface area contributed by atoms with Gasteiger partial charge in [-0.05, 0) is 43.2 Å². The number of carbonyl (C=O) groups excluding carboxylic acids is 1. The number of nitrogens with zero attached hydrogens (tertiary/aromatic N) is 1. The van der Waals surface area contributed by atoms with Crippen LogP contribution in [0.5, 0.6) is 5.75 Å². The van der Waals surface area contributed by atoms with Crippen LogP contribution in [0.2, 0.25) is 0 Å². The lowest BCUT2D eigenvalue weighted by molar-refractivity contribution is -0.145. The lowest BCUT2D eigenvalue weighted by Gasteiger charge is -2.08. The second-order valence-electron chi connectivity index (χ2n) is 6.59. The highest BCUT2D eigenvalue weighted by Gasteiger charge is 2.15. The van der Waals surface area contributed by atoms with Gasteiger partial charge in [0.25, 0.3) is 0 Å². The normalized spacial score (nSPS) is 11.1. The number of methoxy groups -OCH3 is 1. The van der Waals surface area contributed by atoms with E-state index in [-0.39, 0.29) is 19.4 Å². The van der Waals surface area contributed by atoms with Crippen molar-refractivity contribution in [3.8, 4) is 5.75 Å². The summed E-state index contributed by atoms with van der Waals surface area (Å²) in [7, 11) is 1.55. The Hall–Kier alpha value is -3.61. The summed E-state index contributed by atoms with van der Waals surface area (Å²) in [5, 5.41) is 0.806. The standard InChI is InChI=1S/C22H19NO6/c1-13-15-8-7-14(26-2)11-19(15)29-22(25)16(13)9-10-21(24)27-12-20-23-17-5-3-4-6-18(17)28-20/h3-8,11H,9-10,12H2,1-2H3. The number of hydrogen-bond acceptors (Lipinski definition) is 7. The molecule has 0 aliphatic carbocycles. The average molecular weight is 393 g/mol. The number of para-hydroxylation sites is 2. The third kappa shape index (κ3) is 3.85. The molecule has 0 radical (unpaired) electrons. The van der Waals surface area contributed by atoms with Crippen LogP contribution in [0.15, 0.2) is 56.1 Å². The van der Waals surface area contributed by atoms with Gasteiger partial charge in [0.15, 0.2) is 12.2 Å². The van der Waals surface area contributed by atoms with Gasteiger partial charge < -0.3 is 18.3 Å². The molecule has 0 bridgehead atoms. The smallest absolute Gasteiger partial charge is 0.339 e. The maximum Gasteiger partial charge on any atom is 0.339 e. The number of fused-ring (bicyclic) bond motifs is 2. The van der Waals surface area contributed by atoms with Gasteiger partial charge in [-0.1, -0.05) is 12.1 Å². The second-order valence-corrected chi connectivity index (χ2v) is 6.59. The summed E-state index contributed by atoms with van der Waals surface area (Å²) in [6, 6.07) is 12.6. The molecule has 2 aromatic heterocycles. The van der Waals surface area contributed by atoms with Crippen LogP contribution in [0.3, 0.4) is 0 Å². The molecule has 0 unspecified atom stereocenters. The molecule has 7 heteroatoms. The van der Waals surface area contributed by atoms with E-state index in [0.29, 0.717) is 33.9 Å². The third-order valence-corrected chi connectivity index (χ3v) is 4.77. The monoisotopic (exact) mass is 393 g/mol. The lowest BCUT2D eigenvalue weighted by Crippen LogP contribution is -2.14. The van der Waals surface area contributed by atoms with E-state index in [1.807, 2.05) is 31.2 Å². The van der Waals surface area contributed by atoms with Crippen molar-refractivity contribution in [3.63, 3.8) is 0 Å². The molecule has 29 heavy (non-hydrogen) atoms. The Morgan fingerprint density at radius 3 is 2.72 bits per heavy atom. The molecule has 7 nitrogen and oxygen atoms in total. The van der Waals surface area contributed by atoms with E-state index < -0.39 is 11.6 Å². The predicted octanol–water partition coefficient (Wildman–Crippen LogP) is 3.93. The molecule has 0 saturated carbocycles. The Morgan fingerprint density at radius 2 is 1.93 bits per heavy atom. The molecule has 0 saturated heterocycles. The van der Waals surface area contributed by atoms with E-state index in [0.717, 1.165) is 10.9 Å². The molecular weight excluding hydrogens is 374 g/mol. The van der Waals surface area contributed by atoms with Crippen LogP contribution < -0.4 is 10.4 Å². The summed E-state index contributed by atoms with van der Waals surface area (Å²) in [5.41, 5.74) is 2.58. The zero-order chi connectivity index (χ0) is 20.4. The number of rotatable bonds is 6. The van der Waals surface area contributed by atoms with Gasteiger partial charge in [0.1, 0.15) is 16.8 Å². The number of carbonyl (C=O) groups is 1. The van der Waals surface area contributed by atoms with Crippen LogP contribution >= 0.6 is 0 Å². The number of oxazole rings is 1. The van der Waals surface area contributed by atoms with Crippen molar-refractivity contribution in [2.24, 2.45) is 0 Å². The molecule has 0 atom stereocenters. The van der Waals surface area contributed by atoms with Crippen molar-refractivity contribution < 1.29 is 23.1 Å². The highest BCUT2D eigenvalue weighted by molar-refractivity contribution is 5.82. The fourth-order valence-electron chi connectivity index (χ4n) is 3.21. The zero-order valence-corrected chi connectivity index (χ0v) is 16.1. The number of esters is 1. The Balaban J connectivity index is 1.43. The highest BCUT2D eigenvalue weighted by Crippen LogP contribution is 2.24. The van der Waals surface area contributed by atoms with Crippen LogP contribution in [-0.4, -0.2) is 18.1 Å². The molecular formula is C22H19NO6. The zero-order valence-electron chi connectivity index (χ0n) is 16.1. The molecule has 4 aromatic rings. The van der Waals surface area contributed by atoms with Gasteiger partial charge >= 0.3 is 11.6 Å². The first-order chi connectivity index (χ1) is 14.0. The molecule has 2 aromatic carbocycles. The van der Waals surface area contributed by atoms with Gasteiger partial charge in [0, 0.05) is 23.4 Å². The Labute approximate surface area is 165 Å². The SMILES string of the molecule is COc1ccc2c(C)c(CCC(=O)OCc3nc4ccccc4o3)c(=O)oc2c1. The number of aromatic nitrogens is 1. The molecule has 148 valence electrons. The van der Waals surface area contributed by atoms with Crippen LogP contribution in [-0.2, 0) is 22.6 Å². The maximum absolute atomic E-state index is 12.4. The van der Waals surface area contributed by atoms with Gasteiger partial charge in [-0.3, -0.25) is 4.79 Å². The van der Waals surface area contributed by atoms with E-state index in [9.17, 15) is 9.59 Å². The highest BCUT2D eigenvalue weighted by atomic mass is 16.5. The second kappa shape index (κ2) is 7.79. The molecule has 0 aliphatic heterocycles. The molecule has 0 aliphatic rings. The topological polar surface area (TPSA) is 91.8 Å². The predicted molar refractivity (Wildman–Crippen MR) is 106 cm³/mol. The summed E-state index contributed by atoms with van der Waals surface area (Å²) in [5.74, 6) is 0.492. The van der Waals surface area contributed by atoms with Gasteiger partial charge in [0.2, 0.25) is 5.89 Å². The van der Waals surface area contributed by atoms with Crippen LogP contribution in [0.1, 0.15) is 23.4 Å². The van der Waals surface area contributed by atoms with Crippen LogP contribution in [0.25, 0.3) is 22.1 Å². The molecule has 2 heterocycles. The minimum absolute atomic E-state index is 0.0491. The first kappa shape index (κ1) is 18.7. The van der Waals surface area contributed by atoms with E-state index in [2.05, 4.69) is 4.98 Å². The van der Waals surface area contributed by atoms with Gasteiger partial charge in [-0.2, -0.15) is 0 Å². The summed E-state index contributed by atoms with van der Waals surface area (Å²) >= 11 is 0. The fraction of sp³-hybridized carbons (Fsp3) is 0.227. The van der Waals surface area contributed by atoms with Gasteiger partial charge in [-0.25, -0.2) is 9.78 Å². The first-order valence-electron chi connectivity index (χ1n) is 9.15. The van der Waals surface area contributed by atoms with Gasteiger partial charge in [0.05, 0.1) is 7.11 Å². The fourth-order valence-corrected chi connectivity index (χ4v) is 3.21. The largest absolute Gasteiger partial charge is 0.497 e.